The lowest BCUT2D eigenvalue weighted by Crippen LogP contribution is -2.09. The van der Waals surface area contributed by atoms with Crippen molar-refractivity contribution in [2.45, 2.75) is 10.2 Å². The molecule has 0 fully saturated rings. The van der Waals surface area contributed by atoms with E-state index < -0.39 is 0 Å². The molecule has 0 atom stereocenters. The van der Waals surface area contributed by atoms with Gasteiger partial charge in [0.1, 0.15) is 10.8 Å². The molecule has 0 aliphatic heterocycles. The van der Waals surface area contributed by atoms with E-state index in [0.717, 1.165) is 11.8 Å². The van der Waals surface area contributed by atoms with E-state index in [2.05, 4.69) is 25.3 Å². The molecule has 0 unspecified atom stereocenters. The van der Waals surface area contributed by atoms with Gasteiger partial charge in [-0.2, -0.15) is 0 Å². The second-order valence-electron chi connectivity index (χ2n) is 3.17. The van der Waals surface area contributed by atoms with Crippen LogP contribution < -0.4 is 16.6 Å². The molecule has 9 heteroatoms. The minimum Gasteiger partial charge on any atom is -0.383 e. The normalized spacial score (nSPS) is 10.3. The van der Waals surface area contributed by atoms with Crippen LogP contribution in [0.1, 0.15) is 0 Å². The highest BCUT2D eigenvalue weighted by Crippen LogP contribution is 2.29. The molecule has 94 valence electrons. The summed E-state index contributed by atoms with van der Waals surface area (Å²) in [5, 5.41) is 3.96. The Morgan fingerprint density at radius 2 is 2.28 bits per heavy atom. The topological polar surface area (TPSA) is 110 Å². The number of nitrogen functional groups attached to an aromatic ring is 1. The number of rotatable bonds is 3. The molecule has 0 aromatic carbocycles. The average Bonchev–Trinajstić information content (AvgIpc) is 2.30. The number of nitrogens with one attached hydrogen (secondary N) is 2. The molecule has 0 bridgehead atoms. The van der Waals surface area contributed by atoms with Crippen molar-refractivity contribution in [1.29, 1.82) is 0 Å². The molecule has 4 N–H and O–H groups in total. The summed E-state index contributed by atoms with van der Waals surface area (Å²) in [6.07, 6.45) is 1.47. The van der Waals surface area contributed by atoms with E-state index in [0.29, 0.717) is 21.2 Å². The van der Waals surface area contributed by atoms with Gasteiger partial charge in [-0.15, -0.1) is 0 Å². The number of aromatic amines is 1. The summed E-state index contributed by atoms with van der Waals surface area (Å²) in [7, 11) is 1.69. The van der Waals surface area contributed by atoms with Crippen LogP contribution in [-0.2, 0) is 0 Å². The monoisotopic (exact) mass is 284 g/mol. The summed E-state index contributed by atoms with van der Waals surface area (Å²) in [5.41, 5.74) is 5.16. The Morgan fingerprint density at radius 1 is 1.50 bits per heavy atom. The zero-order valence-electron chi connectivity index (χ0n) is 9.27. The second-order valence-corrected chi connectivity index (χ2v) is 4.56. The molecule has 2 aromatic heterocycles. The molecule has 0 spiro atoms. The first kappa shape index (κ1) is 12.7. The number of hydrogen-bond acceptors (Lipinski definition) is 7. The summed E-state index contributed by atoms with van der Waals surface area (Å²) in [5.74, 6) is 0.563. The van der Waals surface area contributed by atoms with Crippen LogP contribution in [0.15, 0.2) is 27.2 Å². The maximum absolute atomic E-state index is 11.2. The molecule has 0 saturated heterocycles. The fourth-order valence-corrected chi connectivity index (χ4v) is 2.11. The lowest BCUT2D eigenvalue weighted by Gasteiger charge is -2.04. The van der Waals surface area contributed by atoms with Gasteiger partial charge < -0.3 is 16.0 Å². The maximum Gasteiger partial charge on any atom is 0.253 e. The molecule has 18 heavy (non-hydrogen) atoms. The van der Waals surface area contributed by atoms with Gasteiger partial charge in [0.25, 0.3) is 5.56 Å². The van der Waals surface area contributed by atoms with Gasteiger partial charge in [0.15, 0.2) is 5.16 Å². The van der Waals surface area contributed by atoms with Crippen molar-refractivity contribution in [3.8, 4) is 0 Å². The molecule has 7 nitrogen and oxygen atoms in total. The number of aromatic nitrogens is 4. The first-order valence-electron chi connectivity index (χ1n) is 4.83. The number of hydrogen-bond donors (Lipinski definition) is 3. The predicted molar refractivity (Wildman–Crippen MR) is 70.0 cm³/mol. The van der Waals surface area contributed by atoms with Gasteiger partial charge in [-0.1, -0.05) is 11.6 Å². The van der Waals surface area contributed by atoms with Crippen molar-refractivity contribution >= 4 is 35.1 Å². The largest absolute Gasteiger partial charge is 0.383 e. The quantitative estimate of drug-likeness (QED) is 0.569. The number of H-pyrrole nitrogens is 1. The molecule has 0 saturated carbocycles. The standard InChI is InChI=1S/C9H9ClN6OS/c1-12-8-13-3-4(10)7(16-8)18-9-14-5(11)2-6(17)15-9/h2-3H,1H3,(H,12,13,16)(H3,11,14,15,17). The maximum atomic E-state index is 11.2. The van der Waals surface area contributed by atoms with Crippen molar-refractivity contribution in [3.63, 3.8) is 0 Å². The summed E-state index contributed by atoms with van der Waals surface area (Å²) in [6, 6.07) is 1.20. The first-order chi connectivity index (χ1) is 8.58. The molecule has 0 aliphatic carbocycles. The van der Waals surface area contributed by atoms with Crippen LogP contribution in [0.2, 0.25) is 5.02 Å². The Bertz CT molecular complexity index is 631. The van der Waals surface area contributed by atoms with Crippen molar-refractivity contribution in [2.24, 2.45) is 0 Å². The first-order valence-corrected chi connectivity index (χ1v) is 6.03. The minimum absolute atomic E-state index is 0.139. The fraction of sp³-hybridized carbons (Fsp3) is 0.111. The van der Waals surface area contributed by atoms with E-state index in [9.17, 15) is 4.79 Å². The van der Waals surface area contributed by atoms with E-state index in [4.69, 9.17) is 17.3 Å². The van der Waals surface area contributed by atoms with Gasteiger partial charge in [-0.05, 0) is 11.8 Å². The fourth-order valence-electron chi connectivity index (χ4n) is 1.14. The Morgan fingerprint density at radius 3 is 2.94 bits per heavy atom. The Hall–Kier alpha value is -1.80. The van der Waals surface area contributed by atoms with E-state index in [1.165, 1.54) is 12.3 Å². The summed E-state index contributed by atoms with van der Waals surface area (Å²) >= 11 is 7.06. The van der Waals surface area contributed by atoms with Gasteiger partial charge in [-0.3, -0.25) is 4.79 Å². The molecule has 2 rings (SSSR count). The van der Waals surface area contributed by atoms with E-state index in [1.807, 2.05) is 0 Å². The summed E-state index contributed by atoms with van der Waals surface area (Å²) in [4.78, 5) is 25.9. The lowest BCUT2D eigenvalue weighted by molar-refractivity contribution is 0.937. The van der Waals surface area contributed by atoms with Gasteiger partial charge in [0, 0.05) is 13.1 Å². The zero-order valence-corrected chi connectivity index (χ0v) is 10.8. The predicted octanol–water partition coefficient (Wildman–Crippen LogP) is 0.988. The van der Waals surface area contributed by atoms with Crippen LogP contribution in [0, 0.1) is 0 Å². The van der Waals surface area contributed by atoms with Crippen molar-refractivity contribution < 1.29 is 0 Å². The Kier molecular flexibility index (Phi) is 3.68. The molecular formula is C9H9ClN6OS. The zero-order chi connectivity index (χ0) is 13.1. The summed E-state index contributed by atoms with van der Waals surface area (Å²) in [6.45, 7) is 0. The molecular weight excluding hydrogens is 276 g/mol. The van der Waals surface area contributed by atoms with Crippen LogP contribution in [0.3, 0.4) is 0 Å². The van der Waals surface area contributed by atoms with Crippen LogP contribution in [0.5, 0.6) is 0 Å². The highest BCUT2D eigenvalue weighted by Gasteiger charge is 2.09. The van der Waals surface area contributed by atoms with Crippen molar-refractivity contribution in [1.82, 2.24) is 19.9 Å². The van der Waals surface area contributed by atoms with Gasteiger partial charge >= 0.3 is 0 Å². The highest BCUT2D eigenvalue weighted by atomic mass is 35.5. The van der Waals surface area contributed by atoms with Crippen LogP contribution in [0.25, 0.3) is 0 Å². The van der Waals surface area contributed by atoms with Crippen LogP contribution >= 0.6 is 23.4 Å². The van der Waals surface area contributed by atoms with Gasteiger partial charge in [0.05, 0.1) is 11.2 Å². The molecule has 2 heterocycles. The second kappa shape index (κ2) is 5.23. The van der Waals surface area contributed by atoms with Gasteiger partial charge in [-0.25, -0.2) is 15.0 Å². The van der Waals surface area contributed by atoms with Crippen molar-refractivity contribution in [2.75, 3.05) is 18.1 Å². The highest BCUT2D eigenvalue weighted by molar-refractivity contribution is 7.99. The third kappa shape index (κ3) is 2.90. The molecule has 0 aliphatic rings. The Labute approximate surface area is 111 Å². The van der Waals surface area contributed by atoms with Gasteiger partial charge in [0.2, 0.25) is 5.95 Å². The summed E-state index contributed by atoms with van der Waals surface area (Å²) < 4.78 is 0. The number of nitrogens with zero attached hydrogens (tertiary/aromatic N) is 3. The third-order valence-corrected chi connectivity index (χ3v) is 3.15. The van der Waals surface area contributed by atoms with E-state index >= 15 is 0 Å². The van der Waals surface area contributed by atoms with Crippen LogP contribution in [0.4, 0.5) is 11.8 Å². The number of anilines is 2. The van der Waals surface area contributed by atoms with Crippen LogP contribution in [-0.4, -0.2) is 27.0 Å². The number of nitrogens with two attached hydrogens (primary N) is 1. The molecule has 2 aromatic rings. The SMILES string of the molecule is CNc1ncc(Cl)c(Sc2nc(N)cc(=O)[nH]2)n1. The smallest absolute Gasteiger partial charge is 0.253 e. The average molecular weight is 285 g/mol. The minimum atomic E-state index is -0.330. The Balaban J connectivity index is 2.36. The number of halogens is 1. The van der Waals surface area contributed by atoms with E-state index in [1.54, 1.807) is 7.05 Å². The van der Waals surface area contributed by atoms with Crippen molar-refractivity contribution in [3.05, 3.63) is 27.6 Å². The van der Waals surface area contributed by atoms with E-state index in [-0.39, 0.29) is 11.4 Å². The third-order valence-electron chi connectivity index (χ3n) is 1.87. The molecule has 0 radical (unpaired) electrons. The lowest BCUT2D eigenvalue weighted by atomic mass is 10.6. The molecule has 0 amide bonds.